The molecule has 0 aromatic carbocycles. The van der Waals surface area contributed by atoms with Gasteiger partial charge in [-0.3, -0.25) is 14.4 Å². The number of methoxy groups -OCH3 is 2. The van der Waals surface area contributed by atoms with Gasteiger partial charge in [0.1, 0.15) is 6.10 Å². The Kier molecular flexibility index (Phi) is 32.6. The first-order valence-electron chi connectivity index (χ1n) is 18.7. The van der Waals surface area contributed by atoms with Crippen LogP contribution in [0.15, 0.2) is 24.3 Å². The third-order valence-corrected chi connectivity index (χ3v) is 8.37. The number of hydrogen-bond acceptors (Lipinski definition) is 7. The van der Waals surface area contributed by atoms with Gasteiger partial charge in [-0.25, -0.2) is 0 Å². The van der Waals surface area contributed by atoms with Crippen LogP contribution in [0.1, 0.15) is 167 Å². The molecule has 0 unspecified atom stereocenters. The molecule has 0 N–H and O–H groups in total. The summed E-state index contributed by atoms with van der Waals surface area (Å²) in [4.78, 5) is 36.8. The zero-order valence-corrected chi connectivity index (χ0v) is 30.4. The van der Waals surface area contributed by atoms with Gasteiger partial charge in [-0.05, 0) is 117 Å². The van der Waals surface area contributed by atoms with Crippen LogP contribution < -0.4 is 0 Å². The van der Waals surface area contributed by atoms with Gasteiger partial charge in [0.25, 0.3) is 0 Å². The molecule has 0 saturated carbocycles. The summed E-state index contributed by atoms with van der Waals surface area (Å²) in [6, 6.07) is 0. The molecule has 0 aliphatic carbocycles. The van der Waals surface area contributed by atoms with Gasteiger partial charge in [0, 0.05) is 19.3 Å². The fraction of sp³-hybridized carbons (Fsp3) is 0.821. The molecule has 0 heterocycles. The average Bonchev–Trinajstić information content (AvgIpc) is 3.04. The molecule has 268 valence electrons. The average molecular weight is 650 g/mol. The van der Waals surface area contributed by atoms with Crippen molar-refractivity contribution in [1.29, 1.82) is 0 Å². The highest BCUT2D eigenvalue weighted by atomic mass is 16.5. The lowest BCUT2D eigenvalue weighted by Gasteiger charge is -2.18. The monoisotopic (exact) mass is 650 g/mol. The third-order valence-electron chi connectivity index (χ3n) is 8.37. The first-order valence-corrected chi connectivity index (χ1v) is 18.7. The number of rotatable bonds is 33. The van der Waals surface area contributed by atoms with E-state index in [0.29, 0.717) is 19.3 Å². The maximum atomic E-state index is 12.5. The highest BCUT2D eigenvalue weighted by Crippen LogP contribution is 2.18. The van der Waals surface area contributed by atoms with E-state index in [1.54, 1.807) is 0 Å². The van der Waals surface area contributed by atoms with E-state index in [4.69, 9.17) is 4.74 Å². The van der Waals surface area contributed by atoms with Crippen LogP contribution in [0.4, 0.5) is 0 Å². The van der Waals surface area contributed by atoms with E-state index in [1.165, 1.54) is 78.4 Å². The summed E-state index contributed by atoms with van der Waals surface area (Å²) in [5, 5.41) is 0. The Balaban J connectivity index is 4.00. The predicted molar refractivity (Wildman–Crippen MR) is 191 cm³/mol. The SMILES string of the molecule is COC(=O)CCCC/C=C\CCCCCCCCC(CCCCCCCC/C=C\CCCCC(=O)OC)OC(=O)CCCN(C)C. The molecule has 0 bridgehead atoms. The molecule has 0 aliphatic rings. The summed E-state index contributed by atoms with van der Waals surface area (Å²) in [5.41, 5.74) is 0. The summed E-state index contributed by atoms with van der Waals surface area (Å²) in [6.07, 6.45) is 36.6. The fourth-order valence-corrected chi connectivity index (χ4v) is 5.47. The quantitative estimate of drug-likeness (QED) is 0.0303. The Labute approximate surface area is 283 Å². The normalized spacial score (nSPS) is 11.7. The number of ether oxygens (including phenoxy) is 3. The van der Waals surface area contributed by atoms with Crippen molar-refractivity contribution in [3.8, 4) is 0 Å². The standard InChI is InChI=1S/C39H71NO6/c1-40(2)35-29-34-39(43)46-36(30-25-21-17-13-9-5-7-11-15-19-23-27-32-37(41)44-3)31-26-22-18-14-10-6-8-12-16-20-24-28-33-38(42)45-4/h11-12,15-16,36H,5-10,13-14,17-35H2,1-4H3/b15-11-,16-12-. The lowest BCUT2D eigenvalue weighted by atomic mass is 10.0. The maximum absolute atomic E-state index is 12.5. The first kappa shape index (κ1) is 43.9. The molecule has 0 aromatic heterocycles. The lowest BCUT2D eigenvalue weighted by molar-refractivity contribution is -0.150. The van der Waals surface area contributed by atoms with E-state index < -0.39 is 0 Å². The zero-order valence-electron chi connectivity index (χ0n) is 30.4. The topological polar surface area (TPSA) is 82.1 Å². The van der Waals surface area contributed by atoms with Crippen LogP contribution in [-0.4, -0.2) is 63.8 Å². The Bertz CT molecular complexity index is 728. The van der Waals surface area contributed by atoms with Gasteiger partial charge in [0.2, 0.25) is 0 Å². The maximum Gasteiger partial charge on any atom is 0.306 e. The summed E-state index contributed by atoms with van der Waals surface area (Å²) in [7, 11) is 6.97. The van der Waals surface area contributed by atoms with Gasteiger partial charge >= 0.3 is 17.9 Å². The second kappa shape index (κ2) is 34.2. The molecule has 0 rings (SSSR count). The molecule has 0 spiro atoms. The highest BCUT2D eigenvalue weighted by Gasteiger charge is 2.14. The summed E-state index contributed by atoms with van der Waals surface area (Å²) in [5.74, 6) is -0.256. The van der Waals surface area contributed by atoms with Crippen LogP contribution in [0, 0.1) is 0 Å². The van der Waals surface area contributed by atoms with E-state index in [1.807, 2.05) is 14.1 Å². The van der Waals surface area contributed by atoms with E-state index in [9.17, 15) is 14.4 Å². The Morgan fingerprint density at radius 3 is 1.22 bits per heavy atom. The minimum atomic E-state index is -0.114. The van der Waals surface area contributed by atoms with Gasteiger partial charge in [0.05, 0.1) is 14.2 Å². The number of carbonyl (C=O) groups is 3. The fourth-order valence-electron chi connectivity index (χ4n) is 5.47. The van der Waals surface area contributed by atoms with Crippen LogP contribution in [0.25, 0.3) is 0 Å². The predicted octanol–water partition coefficient (Wildman–Crippen LogP) is 10.1. The summed E-state index contributed by atoms with van der Waals surface area (Å²) in [6.45, 7) is 0.916. The Morgan fingerprint density at radius 1 is 0.478 bits per heavy atom. The molecule has 0 radical (unpaired) electrons. The number of carbonyl (C=O) groups excluding carboxylic acids is 3. The number of nitrogens with zero attached hydrogens (tertiary/aromatic N) is 1. The summed E-state index contributed by atoms with van der Waals surface area (Å²) >= 11 is 0. The van der Waals surface area contributed by atoms with Crippen molar-refractivity contribution < 1.29 is 28.6 Å². The van der Waals surface area contributed by atoms with E-state index in [0.717, 1.165) is 90.0 Å². The molecule has 46 heavy (non-hydrogen) atoms. The third kappa shape index (κ3) is 33.2. The van der Waals surface area contributed by atoms with Crippen LogP contribution in [-0.2, 0) is 28.6 Å². The van der Waals surface area contributed by atoms with Gasteiger partial charge in [0.15, 0.2) is 0 Å². The van der Waals surface area contributed by atoms with Crippen molar-refractivity contribution in [2.24, 2.45) is 0 Å². The molecular formula is C39H71NO6. The Hall–Kier alpha value is -2.15. The molecular weight excluding hydrogens is 578 g/mol. The molecule has 7 nitrogen and oxygen atoms in total. The van der Waals surface area contributed by atoms with Gasteiger partial charge in [-0.2, -0.15) is 0 Å². The van der Waals surface area contributed by atoms with Crippen molar-refractivity contribution in [3.05, 3.63) is 24.3 Å². The molecule has 0 aromatic rings. The zero-order chi connectivity index (χ0) is 33.9. The molecule has 7 heteroatoms. The van der Waals surface area contributed by atoms with E-state index in [2.05, 4.69) is 38.7 Å². The van der Waals surface area contributed by atoms with Crippen LogP contribution >= 0.6 is 0 Å². The number of esters is 3. The second-order valence-corrected chi connectivity index (χ2v) is 13.0. The number of hydrogen-bond donors (Lipinski definition) is 0. The minimum Gasteiger partial charge on any atom is -0.469 e. The molecule has 0 fully saturated rings. The summed E-state index contributed by atoms with van der Waals surface area (Å²) < 4.78 is 15.3. The smallest absolute Gasteiger partial charge is 0.306 e. The van der Waals surface area contributed by atoms with Gasteiger partial charge in [-0.1, -0.05) is 75.7 Å². The molecule has 0 aliphatic heterocycles. The van der Waals surface area contributed by atoms with Crippen molar-refractivity contribution in [3.63, 3.8) is 0 Å². The highest BCUT2D eigenvalue weighted by molar-refractivity contribution is 5.69. The number of allylic oxidation sites excluding steroid dienone is 4. The molecule has 0 atom stereocenters. The van der Waals surface area contributed by atoms with Crippen LogP contribution in [0.3, 0.4) is 0 Å². The van der Waals surface area contributed by atoms with Crippen molar-refractivity contribution in [2.45, 2.75) is 173 Å². The van der Waals surface area contributed by atoms with E-state index >= 15 is 0 Å². The molecule has 0 amide bonds. The van der Waals surface area contributed by atoms with Gasteiger partial charge in [-0.15, -0.1) is 0 Å². The van der Waals surface area contributed by atoms with Crippen LogP contribution in [0.5, 0.6) is 0 Å². The second-order valence-electron chi connectivity index (χ2n) is 13.0. The number of unbranched alkanes of at least 4 members (excludes halogenated alkanes) is 16. The van der Waals surface area contributed by atoms with Crippen molar-refractivity contribution in [1.82, 2.24) is 4.90 Å². The van der Waals surface area contributed by atoms with Gasteiger partial charge < -0.3 is 19.1 Å². The Morgan fingerprint density at radius 2 is 0.826 bits per heavy atom. The largest absolute Gasteiger partial charge is 0.469 e. The van der Waals surface area contributed by atoms with E-state index in [-0.39, 0.29) is 24.0 Å². The minimum absolute atomic E-state index is 0.0279. The molecule has 0 saturated heterocycles. The van der Waals surface area contributed by atoms with Crippen molar-refractivity contribution in [2.75, 3.05) is 34.9 Å². The van der Waals surface area contributed by atoms with Crippen LogP contribution in [0.2, 0.25) is 0 Å². The lowest BCUT2D eigenvalue weighted by Crippen LogP contribution is -2.20. The first-order chi connectivity index (χ1) is 22.4. The van der Waals surface area contributed by atoms with Crippen molar-refractivity contribution >= 4 is 17.9 Å².